The lowest BCUT2D eigenvalue weighted by Crippen LogP contribution is -2.60. The minimum absolute atomic E-state index is 0.268. The van der Waals surface area contributed by atoms with Crippen molar-refractivity contribution < 1.29 is 5.11 Å². The minimum atomic E-state index is 0.268. The number of phenolic OH excluding ortho intramolecular Hbond substituents is 1. The Morgan fingerprint density at radius 1 is 1.33 bits per heavy atom. The van der Waals surface area contributed by atoms with E-state index in [9.17, 15) is 5.11 Å². The predicted molar refractivity (Wildman–Crippen MR) is 74.7 cm³/mol. The fourth-order valence-corrected chi connectivity index (χ4v) is 2.95. The van der Waals surface area contributed by atoms with Crippen molar-refractivity contribution in [1.82, 2.24) is 10.2 Å². The van der Waals surface area contributed by atoms with E-state index < -0.39 is 0 Å². The maximum absolute atomic E-state index is 9.56. The van der Waals surface area contributed by atoms with Crippen LogP contribution < -0.4 is 5.32 Å². The topological polar surface area (TPSA) is 35.5 Å². The molecule has 0 spiro atoms. The van der Waals surface area contributed by atoms with E-state index in [2.05, 4.69) is 30.1 Å². The van der Waals surface area contributed by atoms with Crippen molar-refractivity contribution in [3.05, 3.63) is 29.8 Å². The normalized spacial score (nSPS) is 19.9. The quantitative estimate of drug-likeness (QED) is 0.858. The zero-order valence-electron chi connectivity index (χ0n) is 11.4. The highest BCUT2D eigenvalue weighted by atomic mass is 16.3. The molecular weight excluding hydrogens is 224 g/mol. The number of phenols is 1. The number of aromatic hydroxyl groups is 1. The Morgan fingerprint density at radius 2 is 2.11 bits per heavy atom. The van der Waals surface area contributed by atoms with Crippen LogP contribution in [0.5, 0.6) is 5.75 Å². The second-order valence-corrected chi connectivity index (χ2v) is 5.20. The number of benzene rings is 1. The highest BCUT2D eigenvalue weighted by Gasteiger charge is 2.35. The van der Waals surface area contributed by atoms with Crippen LogP contribution in [0.1, 0.15) is 32.3 Å². The monoisotopic (exact) mass is 248 g/mol. The average Bonchev–Trinajstić information content (AvgIpc) is 2.40. The van der Waals surface area contributed by atoms with Crippen LogP contribution in [0.2, 0.25) is 0 Å². The van der Waals surface area contributed by atoms with E-state index in [1.165, 1.54) is 5.56 Å². The van der Waals surface area contributed by atoms with Crippen LogP contribution in [0.3, 0.4) is 0 Å². The molecule has 0 unspecified atom stereocenters. The third-order valence-electron chi connectivity index (χ3n) is 4.28. The van der Waals surface area contributed by atoms with Gasteiger partial charge in [-0.25, -0.2) is 0 Å². The molecular formula is C15H24N2O. The first-order valence-corrected chi connectivity index (χ1v) is 6.94. The van der Waals surface area contributed by atoms with E-state index >= 15 is 0 Å². The third-order valence-corrected chi connectivity index (χ3v) is 4.28. The summed E-state index contributed by atoms with van der Waals surface area (Å²) in [6.07, 6.45) is 2.32. The number of rotatable bonds is 4. The molecule has 1 saturated heterocycles. The SMILES string of the molecule is CCC1(CC)CNCCN1Cc1cccc(O)c1. The fraction of sp³-hybridized carbons (Fsp3) is 0.600. The molecule has 0 radical (unpaired) electrons. The van der Waals surface area contributed by atoms with Crippen molar-refractivity contribution in [2.24, 2.45) is 0 Å². The molecule has 1 aromatic carbocycles. The Labute approximate surface area is 110 Å². The average molecular weight is 248 g/mol. The molecule has 0 bridgehead atoms. The van der Waals surface area contributed by atoms with Gasteiger partial charge in [-0.1, -0.05) is 26.0 Å². The van der Waals surface area contributed by atoms with Crippen molar-refractivity contribution in [2.45, 2.75) is 38.8 Å². The molecule has 0 aliphatic carbocycles. The van der Waals surface area contributed by atoms with E-state index in [0.29, 0.717) is 5.75 Å². The summed E-state index contributed by atoms with van der Waals surface area (Å²) >= 11 is 0. The second-order valence-electron chi connectivity index (χ2n) is 5.20. The standard InChI is InChI=1S/C15H24N2O/c1-3-15(4-2)12-16-8-9-17(15)11-13-6-5-7-14(18)10-13/h5-7,10,16,18H,3-4,8-9,11-12H2,1-2H3. The molecule has 2 rings (SSSR count). The molecule has 1 aliphatic rings. The molecule has 1 aliphatic heterocycles. The summed E-state index contributed by atoms with van der Waals surface area (Å²) < 4.78 is 0. The number of nitrogens with one attached hydrogen (secondary N) is 1. The van der Waals surface area contributed by atoms with Crippen LogP contribution in [-0.2, 0) is 6.54 Å². The van der Waals surface area contributed by atoms with Crippen LogP contribution in [0, 0.1) is 0 Å². The van der Waals surface area contributed by atoms with E-state index in [4.69, 9.17) is 0 Å². The van der Waals surface area contributed by atoms with Crippen LogP contribution in [0.25, 0.3) is 0 Å². The largest absolute Gasteiger partial charge is 0.508 e. The summed E-state index contributed by atoms with van der Waals surface area (Å²) in [5.74, 6) is 0.362. The van der Waals surface area contributed by atoms with Crippen LogP contribution in [0.15, 0.2) is 24.3 Å². The lowest BCUT2D eigenvalue weighted by atomic mass is 9.88. The van der Waals surface area contributed by atoms with Crippen molar-refractivity contribution >= 4 is 0 Å². The zero-order chi connectivity index (χ0) is 13.0. The summed E-state index contributed by atoms with van der Waals surface area (Å²) in [4.78, 5) is 2.57. The van der Waals surface area contributed by atoms with E-state index in [1.54, 1.807) is 6.07 Å². The van der Waals surface area contributed by atoms with Gasteiger partial charge in [0.15, 0.2) is 0 Å². The lowest BCUT2D eigenvalue weighted by Gasteiger charge is -2.47. The molecule has 18 heavy (non-hydrogen) atoms. The molecule has 2 N–H and O–H groups in total. The molecule has 0 atom stereocenters. The van der Waals surface area contributed by atoms with Gasteiger partial charge in [-0.15, -0.1) is 0 Å². The number of hydrogen-bond acceptors (Lipinski definition) is 3. The van der Waals surface area contributed by atoms with Crippen molar-refractivity contribution in [1.29, 1.82) is 0 Å². The lowest BCUT2D eigenvalue weighted by molar-refractivity contribution is 0.0447. The van der Waals surface area contributed by atoms with E-state index in [1.807, 2.05) is 12.1 Å². The van der Waals surface area contributed by atoms with Crippen molar-refractivity contribution in [2.75, 3.05) is 19.6 Å². The summed E-state index contributed by atoms with van der Waals surface area (Å²) in [6.45, 7) is 8.67. The van der Waals surface area contributed by atoms with Gasteiger partial charge in [0.1, 0.15) is 5.75 Å². The van der Waals surface area contributed by atoms with Crippen molar-refractivity contribution in [3.8, 4) is 5.75 Å². The molecule has 3 nitrogen and oxygen atoms in total. The van der Waals surface area contributed by atoms with Gasteiger partial charge < -0.3 is 10.4 Å². The first-order valence-electron chi connectivity index (χ1n) is 6.94. The van der Waals surface area contributed by atoms with Gasteiger partial charge in [-0.05, 0) is 30.5 Å². The molecule has 100 valence electrons. The predicted octanol–water partition coefficient (Wildman–Crippen LogP) is 2.36. The molecule has 3 heteroatoms. The minimum Gasteiger partial charge on any atom is -0.508 e. The summed E-state index contributed by atoms with van der Waals surface area (Å²) in [6, 6.07) is 7.62. The number of piperazine rings is 1. The smallest absolute Gasteiger partial charge is 0.115 e. The molecule has 0 aromatic heterocycles. The molecule has 0 amide bonds. The van der Waals surface area contributed by atoms with Crippen LogP contribution in [0.4, 0.5) is 0 Å². The maximum Gasteiger partial charge on any atom is 0.115 e. The Balaban J connectivity index is 2.15. The Kier molecular flexibility index (Phi) is 4.25. The Bertz CT molecular complexity index is 388. The number of hydrogen-bond donors (Lipinski definition) is 2. The number of nitrogens with zero attached hydrogens (tertiary/aromatic N) is 1. The first kappa shape index (κ1) is 13.4. The highest BCUT2D eigenvalue weighted by molar-refractivity contribution is 5.27. The summed E-state index contributed by atoms with van der Waals surface area (Å²) in [5, 5.41) is 13.1. The van der Waals surface area contributed by atoms with Gasteiger partial charge in [0, 0.05) is 31.7 Å². The van der Waals surface area contributed by atoms with Crippen molar-refractivity contribution in [3.63, 3.8) is 0 Å². The molecule has 0 saturated carbocycles. The van der Waals surface area contributed by atoms with Gasteiger partial charge >= 0.3 is 0 Å². The third kappa shape index (κ3) is 2.68. The second kappa shape index (κ2) is 5.72. The van der Waals surface area contributed by atoms with Gasteiger partial charge in [-0.3, -0.25) is 4.90 Å². The van der Waals surface area contributed by atoms with Gasteiger partial charge in [-0.2, -0.15) is 0 Å². The first-order chi connectivity index (χ1) is 8.70. The molecule has 1 aromatic rings. The molecule has 1 fully saturated rings. The van der Waals surface area contributed by atoms with Gasteiger partial charge in [0.25, 0.3) is 0 Å². The van der Waals surface area contributed by atoms with Gasteiger partial charge in [0.05, 0.1) is 0 Å². The van der Waals surface area contributed by atoms with E-state index in [-0.39, 0.29) is 5.54 Å². The summed E-state index contributed by atoms with van der Waals surface area (Å²) in [5.41, 5.74) is 1.46. The van der Waals surface area contributed by atoms with Crippen LogP contribution in [-0.4, -0.2) is 35.2 Å². The van der Waals surface area contributed by atoms with Crippen LogP contribution >= 0.6 is 0 Å². The highest BCUT2D eigenvalue weighted by Crippen LogP contribution is 2.27. The van der Waals surface area contributed by atoms with E-state index in [0.717, 1.165) is 39.0 Å². The Hall–Kier alpha value is -1.06. The zero-order valence-corrected chi connectivity index (χ0v) is 11.4. The Morgan fingerprint density at radius 3 is 2.78 bits per heavy atom. The van der Waals surface area contributed by atoms with Gasteiger partial charge in [0.2, 0.25) is 0 Å². The summed E-state index contributed by atoms with van der Waals surface area (Å²) in [7, 11) is 0. The molecule has 1 heterocycles. The maximum atomic E-state index is 9.56. The fourth-order valence-electron chi connectivity index (χ4n) is 2.95.